The third-order valence-electron chi connectivity index (χ3n) is 3.73. The standard InChI is InChI=1S/C17H18N2O/c1-3-16-15(8-10-20-16)17(18-2)14-6-4-5-12-11-19-9-7-13(12)14/h4-11,17-18H,3H2,1-2H3. The van der Waals surface area contributed by atoms with Gasteiger partial charge >= 0.3 is 0 Å². The summed E-state index contributed by atoms with van der Waals surface area (Å²) in [5.41, 5.74) is 2.46. The first-order valence-electron chi connectivity index (χ1n) is 6.91. The van der Waals surface area contributed by atoms with Crippen molar-refractivity contribution in [2.45, 2.75) is 19.4 Å². The van der Waals surface area contributed by atoms with Crippen LogP contribution in [0.4, 0.5) is 0 Å². The van der Waals surface area contributed by atoms with E-state index in [1.165, 1.54) is 16.5 Å². The van der Waals surface area contributed by atoms with Crippen molar-refractivity contribution >= 4 is 10.8 Å². The SMILES string of the molecule is CCc1occc1C(NC)c1cccc2cnccc12. The molecule has 2 aromatic heterocycles. The molecule has 0 spiro atoms. The Morgan fingerprint density at radius 1 is 1.20 bits per heavy atom. The molecule has 0 aliphatic rings. The van der Waals surface area contributed by atoms with Crippen LogP contribution in [0.3, 0.4) is 0 Å². The van der Waals surface area contributed by atoms with Gasteiger partial charge in [-0.2, -0.15) is 0 Å². The fourth-order valence-corrected chi connectivity index (χ4v) is 2.77. The smallest absolute Gasteiger partial charge is 0.108 e. The van der Waals surface area contributed by atoms with Gasteiger partial charge in [-0.05, 0) is 30.1 Å². The van der Waals surface area contributed by atoms with Gasteiger partial charge in [-0.1, -0.05) is 25.1 Å². The highest BCUT2D eigenvalue weighted by atomic mass is 16.3. The Bertz CT molecular complexity index is 712. The zero-order valence-corrected chi connectivity index (χ0v) is 11.8. The molecule has 3 heteroatoms. The molecule has 20 heavy (non-hydrogen) atoms. The number of benzene rings is 1. The Labute approximate surface area is 118 Å². The van der Waals surface area contributed by atoms with E-state index >= 15 is 0 Å². The average molecular weight is 266 g/mol. The van der Waals surface area contributed by atoms with Crippen LogP contribution in [0.5, 0.6) is 0 Å². The summed E-state index contributed by atoms with van der Waals surface area (Å²) >= 11 is 0. The number of fused-ring (bicyclic) bond motifs is 1. The summed E-state index contributed by atoms with van der Waals surface area (Å²) in [5.74, 6) is 1.04. The van der Waals surface area contributed by atoms with E-state index in [1.807, 2.05) is 19.4 Å². The molecule has 2 heterocycles. The molecule has 0 amide bonds. The van der Waals surface area contributed by atoms with Crippen LogP contribution in [-0.4, -0.2) is 12.0 Å². The number of furan rings is 1. The predicted octanol–water partition coefficient (Wildman–Crippen LogP) is 3.70. The molecular weight excluding hydrogens is 248 g/mol. The maximum atomic E-state index is 5.58. The van der Waals surface area contributed by atoms with E-state index in [0.29, 0.717) is 0 Å². The topological polar surface area (TPSA) is 38.1 Å². The van der Waals surface area contributed by atoms with E-state index in [1.54, 1.807) is 6.26 Å². The summed E-state index contributed by atoms with van der Waals surface area (Å²) in [6.07, 6.45) is 6.41. The number of rotatable bonds is 4. The van der Waals surface area contributed by atoms with Crippen molar-refractivity contribution < 1.29 is 4.42 Å². The van der Waals surface area contributed by atoms with Crippen molar-refractivity contribution in [1.82, 2.24) is 10.3 Å². The van der Waals surface area contributed by atoms with E-state index in [2.05, 4.69) is 47.6 Å². The van der Waals surface area contributed by atoms with Crippen molar-refractivity contribution in [3.8, 4) is 0 Å². The Kier molecular flexibility index (Phi) is 3.52. The van der Waals surface area contributed by atoms with Gasteiger partial charge in [0, 0.05) is 29.8 Å². The second kappa shape index (κ2) is 5.47. The molecule has 0 saturated carbocycles. The Balaban J connectivity index is 2.17. The first-order valence-corrected chi connectivity index (χ1v) is 6.91. The minimum Gasteiger partial charge on any atom is -0.469 e. The fraction of sp³-hybridized carbons (Fsp3) is 0.235. The molecule has 3 nitrogen and oxygen atoms in total. The summed E-state index contributed by atoms with van der Waals surface area (Å²) in [6.45, 7) is 2.11. The van der Waals surface area contributed by atoms with E-state index < -0.39 is 0 Å². The number of nitrogens with one attached hydrogen (secondary N) is 1. The molecule has 1 N–H and O–H groups in total. The quantitative estimate of drug-likeness (QED) is 0.782. The van der Waals surface area contributed by atoms with Gasteiger partial charge < -0.3 is 9.73 Å². The molecule has 1 aromatic carbocycles. The summed E-state index contributed by atoms with van der Waals surface area (Å²) in [6, 6.07) is 10.6. The molecule has 0 aliphatic carbocycles. The Morgan fingerprint density at radius 2 is 2.10 bits per heavy atom. The maximum absolute atomic E-state index is 5.58. The summed E-state index contributed by atoms with van der Waals surface area (Å²) in [7, 11) is 1.98. The highest BCUT2D eigenvalue weighted by Crippen LogP contribution is 2.30. The number of hydrogen-bond acceptors (Lipinski definition) is 3. The van der Waals surface area contributed by atoms with Crippen molar-refractivity contribution in [2.24, 2.45) is 0 Å². The van der Waals surface area contributed by atoms with E-state index in [0.717, 1.165) is 17.6 Å². The normalized spacial score (nSPS) is 12.7. The zero-order chi connectivity index (χ0) is 13.9. The van der Waals surface area contributed by atoms with Crippen LogP contribution in [0.1, 0.15) is 29.9 Å². The Morgan fingerprint density at radius 3 is 2.90 bits per heavy atom. The molecular formula is C17H18N2O. The van der Waals surface area contributed by atoms with E-state index in [9.17, 15) is 0 Å². The molecule has 0 aliphatic heterocycles. The number of pyridine rings is 1. The van der Waals surface area contributed by atoms with Gasteiger partial charge in [0.1, 0.15) is 5.76 Å². The first kappa shape index (κ1) is 12.9. The lowest BCUT2D eigenvalue weighted by Gasteiger charge is -2.18. The van der Waals surface area contributed by atoms with Gasteiger partial charge in [-0.25, -0.2) is 0 Å². The molecule has 0 radical (unpaired) electrons. The molecule has 1 unspecified atom stereocenters. The second-order valence-corrected chi connectivity index (χ2v) is 4.82. The molecule has 3 rings (SSSR count). The van der Waals surface area contributed by atoms with Crippen molar-refractivity contribution in [3.63, 3.8) is 0 Å². The van der Waals surface area contributed by atoms with E-state index in [-0.39, 0.29) is 6.04 Å². The molecule has 102 valence electrons. The van der Waals surface area contributed by atoms with Gasteiger partial charge in [-0.3, -0.25) is 4.98 Å². The minimum atomic E-state index is 0.134. The van der Waals surface area contributed by atoms with Crippen LogP contribution in [0.2, 0.25) is 0 Å². The average Bonchev–Trinajstić information content (AvgIpc) is 2.97. The lowest BCUT2D eigenvalue weighted by atomic mass is 9.94. The Hall–Kier alpha value is -2.13. The number of hydrogen-bond donors (Lipinski definition) is 1. The van der Waals surface area contributed by atoms with Crippen LogP contribution in [0.15, 0.2) is 53.4 Å². The summed E-state index contributed by atoms with van der Waals surface area (Å²) in [5, 5.41) is 5.79. The van der Waals surface area contributed by atoms with Crippen LogP contribution < -0.4 is 5.32 Å². The predicted molar refractivity (Wildman–Crippen MR) is 80.7 cm³/mol. The lowest BCUT2D eigenvalue weighted by molar-refractivity contribution is 0.505. The second-order valence-electron chi connectivity index (χ2n) is 4.82. The number of nitrogens with zero attached hydrogens (tertiary/aromatic N) is 1. The van der Waals surface area contributed by atoms with Gasteiger partial charge in [-0.15, -0.1) is 0 Å². The third kappa shape index (κ3) is 2.10. The minimum absolute atomic E-state index is 0.134. The molecule has 3 aromatic rings. The fourth-order valence-electron chi connectivity index (χ4n) is 2.77. The number of aryl methyl sites for hydroxylation is 1. The molecule has 0 fully saturated rings. The van der Waals surface area contributed by atoms with Crippen LogP contribution >= 0.6 is 0 Å². The summed E-state index contributed by atoms with van der Waals surface area (Å²) in [4.78, 5) is 4.20. The maximum Gasteiger partial charge on any atom is 0.108 e. The number of aromatic nitrogens is 1. The van der Waals surface area contributed by atoms with Crippen molar-refractivity contribution in [3.05, 3.63) is 65.9 Å². The van der Waals surface area contributed by atoms with Crippen LogP contribution in [0.25, 0.3) is 10.8 Å². The van der Waals surface area contributed by atoms with Crippen molar-refractivity contribution in [1.29, 1.82) is 0 Å². The molecule has 0 saturated heterocycles. The van der Waals surface area contributed by atoms with Gasteiger partial charge in [0.25, 0.3) is 0 Å². The summed E-state index contributed by atoms with van der Waals surface area (Å²) < 4.78 is 5.58. The highest BCUT2D eigenvalue weighted by molar-refractivity contribution is 5.85. The zero-order valence-electron chi connectivity index (χ0n) is 11.8. The van der Waals surface area contributed by atoms with Crippen LogP contribution in [-0.2, 0) is 6.42 Å². The molecule has 0 bridgehead atoms. The molecule has 1 atom stereocenters. The first-order chi connectivity index (χ1) is 9.85. The highest BCUT2D eigenvalue weighted by Gasteiger charge is 2.19. The monoisotopic (exact) mass is 266 g/mol. The van der Waals surface area contributed by atoms with Gasteiger partial charge in [0.2, 0.25) is 0 Å². The van der Waals surface area contributed by atoms with Gasteiger partial charge in [0.15, 0.2) is 0 Å². The van der Waals surface area contributed by atoms with E-state index in [4.69, 9.17) is 4.42 Å². The lowest BCUT2D eigenvalue weighted by Crippen LogP contribution is -2.18. The largest absolute Gasteiger partial charge is 0.469 e. The van der Waals surface area contributed by atoms with Crippen molar-refractivity contribution in [2.75, 3.05) is 7.05 Å². The van der Waals surface area contributed by atoms with Gasteiger partial charge in [0.05, 0.1) is 12.3 Å². The van der Waals surface area contributed by atoms with Crippen LogP contribution in [0, 0.1) is 0 Å². The third-order valence-corrected chi connectivity index (χ3v) is 3.73.